The number of allylic oxidation sites excluding steroid dienone is 1. The molecule has 24 heavy (non-hydrogen) atoms. The Balaban J connectivity index is 0.000000221. The summed E-state index contributed by atoms with van der Waals surface area (Å²) in [6.45, 7) is 10.6. The van der Waals surface area contributed by atoms with E-state index in [-0.39, 0.29) is 0 Å². The maximum atomic E-state index is 2.31. The van der Waals surface area contributed by atoms with Gasteiger partial charge in [-0.15, -0.1) is 0 Å². The molecule has 0 N–H and O–H groups in total. The van der Waals surface area contributed by atoms with Gasteiger partial charge in [-0.2, -0.15) is 0 Å². The van der Waals surface area contributed by atoms with Gasteiger partial charge in [-0.05, 0) is 53.9 Å². The molecular weight excluding hydrogens is 288 g/mol. The minimum Gasteiger partial charge on any atom is -0.0811 e. The fourth-order valence-corrected chi connectivity index (χ4v) is 2.68. The van der Waals surface area contributed by atoms with Gasteiger partial charge in [-0.25, -0.2) is 0 Å². The topological polar surface area (TPSA) is 0 Å². The lowest BCUT2D eigenvalue weighted by Gasteiger charge is -2.02. The zero-order valence-electron chi connectivity index (χ0n) is 16.2. The molecule has 1 aliphatic carbocycles. The van der Waals surface area contributed by atoms with E-state index >= 15 is 0 Å². The van der Waals surface area contributed by atoms with Crippen LogP contribution in [-0.2, 0) is 19.3 Å². The van der Waals surface area contributed by atoms with Crippen LogP contribution in [0.4, 0.5) is 0 Å². The Hall–Kier alpha value is -1.82. The van der Waals surface area contributed by atoms with Gasteiger partial charge < -0.3 is 0 Å². The lowest BCUT2D eigenvalue weighted by Crippen LogP contribution is -1.91. The van der Waals surface area contributed by atoms with Crippen molar-refractivity contribution in [3.8, 4) is 0 Å². The highest BCUT2D eigenvalue weighted by Gasteiger charge is 2.05. The summed E-state index contributed by atoms with van der Waals surface area (Å²) in [5.74, 6) is 0.734. The standard InChI is InChI=1S/C12H14.C10H14.C2H6/c1-10-6-8-11-4-2-3-5-12(11)9-7-10;1-3-9-5-7-10(4-2)8-6-9;1-2/h2-6,8,10H,7,9H2,1H3;5-8H,3-4H2,1-2H3;1-2H3. The molecule has 0 fully saturated rings. The first kappa shape index (κ1) is 20.2. The van der Waals surface area contributed by atoms with Crippen LogP contribution in [0, 0.1) is 5.92 Å². The van der Waals surface area contributed by atoms with Crippen LogP contribution in [0.1, 0.15) is 63.3 Å². The summed E-state index contributed by atoms with van der Waals surface area (Å²) >= 11 is 0. The monoisotopic (exact) mass is 322 g/mol. The second kappa shape index (κ2) is 11.7. The fourth-order valence-electron chi connectivity index (χ4n) is 2.68. The first-order valence-electron chi connectivity index (χ1n) is 9.56. The second-order valence-corrected chi connectivity index (χ2v) is 6.10. The van der Waals surface area contributed by atoms with E-state index in [2.05, 4.69) is 81.5 Å². The molecule has 0 heterocycles. The first-order valence-corrected chi connectivity index (χ1v) is 9.56. The van der Waals surface area contributed by atoms with E-state index in [0.29, 0.717) is 0 Å². The van der Waals surface area contributed by atoms with Crippen LogP contribution in [0.2, 0.25) is 0 Å². The summed E-state index contributed by atoms with van der Waals surface area (Å²) in [7, 11) is 0. The molecule has 2 aromatic rings. The molecule has 0 aromatic heterocycles. The third-order valence-electron chi connectivity index (χ3n) is 4.37. The molecule has 0 amide bonds. The molecule has 0 bridgehead atoms. The summed E-state index contributed by atoms with van der Waals surface area (Å²) in [5.41, 5.74) is 5.76. The number of aryl methyl sites for hydroxylation is 3. The van der Waals surface area contributed by atoms with E-state index in [4.69, 9.17) is 0 Å². The summed E-state index contributed by atoms with van der Waals surface area (Å²) in [6.07, 6.45) is 9.37. The molecule has 1 aliphatic rings. The van der Waals surface area contributed by atoms with Crippen LogP contribution in [0.15, 0.2) is 54.6 Å². The average Bonchev–Trinajstić information content (AvgIpc) is 2.86. The third kappa shape index (κ3) is 6.74. The van der Waals surface area contributed by atoms with Gasteiger partial charge >= 0.3 is 0 Å². The van der Waals surface area contributed by atoms with Gasteiger partial charge in [0, 0.05) is 0 Å². The fraction of sp³-hybridized carbons (Fsp3) is 0.417. The maximum Gasteiger partial charge on any atom is -0.0228 e. The Kier molecular flexibility index (Phi) is 9.84. The van der Waals surface area contributed by atoms with Gasteiger partial charge in [0.1, 0.15) is 0 Å². The molecule has 130 valence electrons. The highest BCUT2D eigenvalue weighted by Crippen LogP contribution is 2.21. The Morgan fingerprint density at radius 3 is 1.92 bits per heavy atom. The van der Waals surface area contributed by atoms with Crippen molar-refractivity contribution in [1.82, 2.24) is 0 Å². The SMILES string of the molecule is CC.CC1C=Cc2ccccc2CC1.CCc1ccc(CC)cc1. The van der Waals surface area contributed by atoms with Crippen molar-refractivity contribution in [2.24, 2.45) is 5.92 Å². The van der Waals surface area contributed by atoms with E-state index in [0.717, 1.165) is 18.8 Å². The molecule has 3 rings (SSSR count). The van der Waals surface area contributed by atoms with Crippen molar-refractivity contribution >= 4 is 6.08 Å². The molecule has 1 unspecified atom stereocenters. The van der Waals surface area contributed by atoms with Crippen LogP contribution in [0.5, 0.6) is 0 Å². The van der Waals surface area contributed by atoms with Crippen LogP contribution in [-0.4, -0.2) is 0 Å². The van der Waals surface area contributed by atoms with Gasteiger partial charge in [0.2, 0.25) is 0 Å². The van der Waals surface area contributed by atoms with Gasteiger partial charge in [-0.3, -0.25) is 0 Å². The molecule has 0 saturated heterocycles. The normalized spacial score (nSPS) is 15.1. The van der Waals surface area contributed by atoms with Gasteiger partial charge in [-0.1, -0.05) is 95.3 Å². The Morgan fingerprint density at radius 2 is 1.38 bits per heavy atom. The number of benzene rings is 2. The molecule has 0 spiro atoms. The summed E-state index contributed by atoms with van der Waals surface area (Å²) in [6, 6.07) is 17.5. The van der Waals surface area contributed by atoms with Crippen molar-refractivity contribution in [1.29, 1.82) is 0 Å². The summed E-state index contributed by atoms with van der Waals surface area (Å²) in [5, 5.41) is 0. The molecule has 0 heteroatoms. The number of fused-ring (bicyclic) bond motifs is 1. The molecule has 0 aliphatic heterocycles. The Bertz CT molecular complexity index is 567. The van der Waals surface area contributed by atoms with Crippen molar-refractivity contribution in [2.75, 3.05) is 0 Å². The molecule has 0 saturated carbocycles. The molecular formula is C24H34. The zero-order chi connectivity index (χ0) is 17.8. The molecule has 2 aromatic carbocycles. The molecule has 0 nitrogen and oxygen atoms in total. The van der Waals surface area contributed by atoms with Crippen LogP contribution in [0.3, 0.4) is 0 Å². The van der Waals surface area contributed by atoms with E-state index in [1.807, 2.05) is 13.8 Å². The predicted molar refractivity (Wildman–Crippen MR) is 110 cm³/mol. The molecule has 1 atom stereocenters. The third-order valence-corrected chi connectivity index (χ3v) is 4.37. The minimum absolute atomic E-state index is 0.734. The van der Waals surface area contributed by atoms with Gasteiger partial charge in [0.05, 0.1) is 0 Å². The maximum absolute atomic E-state index is 2.31. The number of hydrogen-bond donors (Lipinski definition) is 0. The van der Waals surface area contributed by atoms with E-state index in [1.54, 1.807) is 0 Å². The van der Waals surface area contributed by atoms with Gasteiger partial charge in [0.25, 0.3) is 0 Å². The summed E-state index contributed by atoms with van der Waals surface area (Å²) in [4.78, 5) is 0. The number of rotatable bonds is 2. The van der Waals surface area contributed by atoms with Gasteiger partial charge in [0.15, 0.2) is 0 Å². The van der Waals surface area contributed by atoms with Crippen molar-refractivity contribution in [3.63, 3.8) is 0 Å². The van der Waals surface area contributed by atoms with Crippen molar-refractivity contribution < 1.29 is 0 Å². The molecule has 0 radical (unpaired) electrons. The lowest BCUT2D eigenvalue weighted by atomic mass is 10.0. The van der Waals surface area contributed by atoms with Crippen LogP contribution >= 0.6 is 0 Å². The highest BCUT2D eigenvalue weighted by atomic mass is 14.1. The Labute approximate surface area is 149 Å². The first-order chi connectivity index (χ1) is 11.7. The van der Waals surface area contributed by atoms with E-state index in [9.17, 15) is 0 Å². The summed E-state index contributed by atoms with van der Waals surface area (Å²) < 4.78 is 0. The minimum atomic E-state index is 0.734. The average molecular weight is 323 g/mol. The highest BCUT2D eigenvalue weighted by molar-refractivity contribution is 5.54. The second-order valence-electron chi connectivity index (χ2n) is 6.10. The van der Waals surface area contributed by atoms with Crippen LogP contribution in [0.25, 0.3) is 6.08 Å². The van der Waals surface area contributed by atoms with E-state index in [1.165, 1.54) is 35.1 Å². The zero-order valence-corrected chi connectivity index (χ0v) is 16.2. The predicted octanol–water partition coefficient (Wildman–Crippen LogP) is 7.12. The smallest absolute Gasteiger partial charge is 0.0228 e. The largest absolute Gasteiger partial charge is 0.0811 e. The van der Waals surface area contributed by atoms with Crippen molar-refractivity contribution in [2.45, 2.75) is 60.3 Å². The quantitative estimate of drug-likeness (QED) is 0.552. The van der Waals surface area contributed by atoms with Crippen molar-refractivity contribution in [3.05, 3.63) is 76.9 Å². The lowest BCUT2D eigenvalue weighted by molar-refractivity contribution is 0.655. The van der Waals surface area contributed by atoms with E-state index < -0.39 is 0 Å². The Morgan fingerprint density at radius 1 is 0.833 bits per heavy atom. The number of hydrogen-bond acceptors (Lipinski definition) is 0. The van der Waals surface area contributed by atoms with Crippen LogP contribution < -0.4 is 0 Å².